The predicted molar refractivity (Wildman–Crippen MR) is 320 cm³/mol. The van der Waals surface area contributed by atoms with Crippen LogP contribution in [0.1, 0.15) is 245 Å². The lowest BCUT2D eigenvalue weighted by Gasteiger charge is -2.18. The topological polar surface area (TPSA) is 78.9 Å². The van der Waals surface area contributed by atoms with Crippen molar-refractivity contribution in [3.63, 3.8) is 0 Å². The molecule has 0 aromatic heterocycles. The number of carbonyl (C=O) groups is 3. The van der Waals surface area contributed by atoms with E-state index in [4.69, 9.17) is 14.2 Å². The number of unbranched alkanes of at least 4 members (excludes halogenated alkanes) is 17. The van der Waals surface area contributed by atoms with Gasteiger partial charge in [-0.3, -0.25) is 14.4 Å². The highest BCUT2D eigenvalue weighted by molar-refractivity contribution is 5.71. The third-order valence-electron chi connectivity index (χ3n) is 12.1. The number of allylic oxidation sites excluding steroid dienone is 24. The second kappa shape index (κ2) is 60.8. The largest absolute Gasteiger partial charge is 0.462 e. The Morgan fingerprint density at radius 3 is 0.824 bits per heavy atom. The Morgan fingerprint density at radius 2 is 0.527 bits per heavy atom. The van der Waals surface area contributed by atoms with Gasteiger partial charge in [0.05, 0.1) is 0 Å². The summed E-state index contributed by atoms with van der Waals surface area (Å²) in [7, 11) is 0. The van der Waals surface area contributed by atoms with Crippen LogP contribution in [0.25, 0.3) is 0 Å². The van der Waals surface area contributed by atoms with E-state index >= 15 is 0 Å². The first-order valence-electron chi connectivity index (χ1n) is 29.8. The quantitative estimate of drug-likeness (QED) is 0.0261. The fraction of sp³-hybridized carbons (Fsp3) is 0.603. The molecular formula is C68H108O6. The number of carbonyl (C=O) groups excluding carboxylic acids is 3. The van der Waals surface area contributed by atoms with Crippen molar-refractivity contribution in [2.24, 2.45) is 0 Å². The van der Waals surface area contributed by atoms with Crippen molar-refractivity contribution in [1.82, 2.24) is 0 Å². The lowest BCUT2D eigenvalue weighted by Crippen LogP contribution is -2.30. The number of hydrogen-bond donors (Lipinski definition) is 0. The number of rotatable bonds is 52. The normalized spacial score (nSPS) is 13.2. The van der Waals surface area contributed by atoms with Gasteiger partial charge in [0.2, 0.25) is 0 Å². The molecule has 0 N–H and O–H groups in total. The molecule has 0 aromatic rings. The zero-order chi connectivity index (χ0) is 53.6. The maximum absolute atomic E-state index is 12.8. The summed E-state index contributed by atoms with van der Waals surface area (Å²) in [5, 5.41) is 0. The molecule has 0 aromatic carbocycles. The van der Waals surface area contributed by atoms with Crippen LogP contribution >= 0.6 is 0 Å². The van der Waals surface area contributed by atoms with E-state index in [1.54, 1.807) is 0 Å². The molecule has 416 valence electrons. The molecule has 0 spiro atoms. The van der Waals surface area contributed by atoms with Gasteiger partial charge in [-0.1, -0.05) is 250 Å². The zero-order valence-electron chi connectivity index (χ0n) is 47.5. The van der Waals surface area contributed by atoms with Gasteiger partial charge < -0.3 is 14.2 Å². The molecule has 0 aliphatic rings. The van der Waals surface area contributed by atoms with Crippen molar-refractivity contribution in [3.8, 4) is 0 Å². The standard InChI is InChI=1S/C68H108O6/c1-4-7-10-13-16-18-20-22-24-25-26-27-28-29-30-31-32-33-34-35-36-37-38-39-40-41-42-43-45-46-48-50-52-55-58-61-67(70)73-64-65(63-72-66(69)60-57-54-15-12-9-6-3)74-68(71)62-59-56-53-51-49-47-44-23-21-19-17-14-11-8-5-2/h7-8,10-11,16-19,22-24,26-27,29-30,32-33,35-36,38-39,41-42,44,65H,4-6,9,12-15,20-21,25,28,31,34,37,40,43,45-64H2,1-3H3/b10-7-,11-8-,18-16-,19-17-,24-22-,27-26-,30-29-,33-32-,36-35-,39-38-,42-41-,44-23-. The van der Waals surface area contributed by atoms with Crippen LogP contribution in [0.15, 0.2) is 146 Å². The van der Waals surface area contributed by atoms with E-state index in [9.17, 15) is 14.4 Å². The maximum atomic E-state index is 12.8. The summed E-state index contributed by atoms with van der Waals surface area (Å²) < 4.78 is 16.7. The number of esters is 3. The zero-order valence-corrected chi connectivity index (χ0v) is 47.5. The van der Waals surface area contributed by atoms with Crippen LogP contribution in [0.4, 0.5) is 0 Å². The van der Waals surface area contributed by atoms with Crippen molar-refractivity contribution in [1.29, 1.82) is 0 Å². The molecule has 0 radical (unpaired) electrons. The van der Waals surface area contributed by atoms with E-state index in [2.05, 4.69) is 167 Å². The van der Waals surface area contributed by atoms with Crippen LogP contribution in [-0.4, -0.2) is 37.2 Å². The summed E-state index contributed by atoms with van der Waals surface area (Å²) in [6, 6.07) is 0. The summed E-state index contributed by atoms with van der Waals surface area (Å²) in [4.78, 5) is 37.9. The summed E-state index contributed by atoms with van der Waals surface area (Å²) in [6.45, 7) is 6.31. The van der Waals surface area contributed by atoms with E-state index in [0.717, 1.165) is 161 Å². The third-order valence-corrected chi connectivity index (χ3v) is 12.1. The van der Waals surface area contributed by atoms with Crippen LogP contribution in [0.2, 0.25) is 0 Å². The highest BCUT2D eigenvalue weighted by atomic mass is 16.6. The number of ether oxygens (including phenoxy) is 3. The van der Waals surface area contributed by atoms with Crippen LogP contribution in [0, 0.1) is 0 Å². The maximum Gasteiger partial charge on any atom is 0.306 e. The highest BCUT2D eigenvalue weighted by Gasteiger charge is 2.19. The first-order valence-corrected chi connectivity index (χ1v) is 29.8. The fourth-order valence-corrected chi connectivity index (χ4v) is 7.68. The Morgan fingerprint density at radius 1 is 0.284 bits per heavy atom. The Hall–Kier alpha value is -4.71. The Kier molecular flexibility index (Phi) is 57.0. The van der Waals surface area contributed by atoms with Crippen molar-refractivity contribution >= 4 is 17.9 Å². The molecule has 1 unspecified atom stereocenters. The minimum absolute atomic E-state index is 0.0924. The van der Waals surface area contributed by atoms with Crippen molar-refractivity contribution < 1.29 is 28.6 Å². The molecule has 0 bridgehead atoms. The van der Waals surface area contributed by atoms with Gasteiger partial charge in [-0.2, -0.15) is 0 Å². The van der Waals surface area contributed by atoms with E-state index in [1.807, 2.05) is 0 Å². The molecule has 0 amide bonds. The van der Waals surface area contributed by atoms with Crippen molar-refractivity contribution in [2.75, 3.05) is 13.2 Å². The van der Waals surface area contributed by atoms with Crippen molar-refractivity contribution in [3.05, 3.63) is 146 Å². The lowest BCUT2D eigenvalue weighted by molar-refractivity contribution is -0.167. The number of hydrogen-bond acceptors (Lipinski definition) is 6. The predicted octanol–water partition coefficient (Wildman–Crippen LogP) is 20.4. The van der Waals surface area contributed by atoms with Gasteiger partial charge in [0.15, 0.2) is 6.10 Å². The molecule has 74 heavy (non-hydrogen) atoms. The van der Waals surface area contributed by atoms with E-state index in [-0.39, 0.29) is 31.1 Å². The monoisotopic (exact) mass is 1020 g/mol. The molecular weight excluding hydrogens is 913 g/mol. The van der Waals surface area contributed by atoms with E-state index in [0.29, 0.717) is 19.3 Å². The minimum Gasteiger partial charge on any atom is -0.462 e. The Bertz CT molecular complexity index is 1640. The first-order chi connectivity index (χ1) is 36.5. The minimum atomic E-state index is -0.793. The Balaban J connectivity index is 4.13. The molecule has 1 atom stereocenters. The smallest absolute Gasteiger partial charge is 0.306 e. The highest BCUT2D eigenvalue weighted by Crippen LogP contribution is 2.14. The van der Waals surface area contributed by atoms with Crippen LogP contribution < -0.4 is 0 Å². The van der Waals surface area contributed by atoms with Gasteiger partial charge >= 0.3 is 17.9 Å². The second-order valence-corrected chi connectivity index (χ2v) is 19.1. The molecule has 0 heterocycles. The van der Waals surface area contributed by atoms with Gasteiger partial charge in [0, 0.05) is 19.3 Å². The molecule has 0 aliphatic heterocycles. The molecule has 6 heteroatoms. The molecule has 0 saturated heterocycles. The molecule has 0 saturated carbocycles. The summed E-state index contributed by atoms with van der Waals surface area (Å²) in [6.07, 6.45) is 87.4. The first kappa shape index (κ1) is 69.3. The van der Waals surface area contributed by atoms with Crippen LogP contribution in [0.5, 0.6) is 0 Å². The molecule has 6 nitrogen and oxygen atoms in total. The van der Waals surface area contributed by atoms with E-state index < -0.39 is 6.10 Å². The lowest BCUT2D eigenvalue weighted by atomic mass is 10.1. The van der Waals surface area contributed by atoms with Gasteiger partial charge in [0.25, 0.3) is 0 Å². The molecule has 0 rings (SSSR count). The van der Waals surface area contributed by atoms with Gasteiger partial charge in [-0.05, 0) is 122 Å². The summed E-state index contributed by atoms with van der Waals surface area (Å²) in [5.74, 6) is -0.937. The molecule has 0 fully saturated rings. The average molecular weight is 1020 g/mol. The molecule has 0 aliphatic carbocycles. The Labute approximate surface area is 455 Å². The summed E-state index contributed by atoms with van der Waals surface area (Å²) in [5.41, 5.74) is 0. The van der Waals surface area contributed by atoms with Gasteiger partial charge in [-0.15, -0.1) is 0 Å². The average Bonchev–Trinajstić information content (AvgIpc) is 3.40. The van der Waals surface area contributed by atoms with Gasteiger partial charge in [-0.25, -0.2) is 0 Å². The van der Waals surface area contributed by atoms with Crippen molar-refractivity contribution in [2.45, 2.75) is 252 Å². The van der Waals surface area contributed by atoms with Crippen LogP contribution in [0.3, 0.4) is 0 Å². The second-order valence-electron chi connectivity index (χ2n) is 19.1. The van der Waals surface area contributed by atoms with Crippen LogP contribution in [-0.2, 0) is 28.6 Å². The summed E-state index contributed by atoms with van der Waals surface area (Å²) >= 11 is 0. The van der Waals surface area contributed by atoms with Gasteiger partial charge in [0.1, 0.15) is 13.2 Å². The fourth-order valence-electron chi connectivity index (χ4n) is 7.68. The van der Waals surface area contributed by atoms with E-state index in [1.165, 1.54) is 44.9 Å². The third kappa shape index (κ3) is 58.2. The SMILES string of the molecule is CC/C=C\C/C=C\C/C=C\C/C=C\C/C=C\C/C=C\C/C=C\C/C=C\C/C=C\CCCCCCCCCC(=O)OCC(COC(=O)CCCCCCCC)OC(=O)CCCCCCC/C=C\C/C=C\C/C=C\CC.